The number of pyridine rings is 1. The second-order valence-corrected chi connectivity index (χ2v) is 9.94. The number of anilines is 4. The number of nitrogens with one attached hydrogen (secondary N) is 3. The molecule has 0 aliphatic heterocycles. The van der Waals surface area contributed by atoms with E-state index in [1.165, 1.54) is 0 Å². The number of benzene rings is 3. The van der Waals surface area contributed by atoms with Crippen LogP contribution in [0.4, 0.5) is 22.7 Å². The molecule has 5 aromatic rings. The lowest BCUT2D eigenvalue weighted by Crippen LogP contribution is -2.14. The van der Waals surface area contributed by atoms with Gasteiger partial charge in [0.1, 0.15) is 0 Å². The molecule has 2 aromatic heterocycles. The van der Waals surface area contributed by atoms with Crippen LogP contribution in [0.5, 0.6) is 5.88 Å². The Bertz CT molecular complexity index is 1630. The van der Waals surface area contributed by atoms with Crippen molar-refractivity contribution in [1.29, 1.82) is 0 Å². The van der Waals surface area contributed by atoms with E-state index in [1.807, 2.05) is 54.6 Å². The van der Waals surface area contributed by atoms with E-state index in [2.05, 4.69) is 15.0 Å². The minimum absolute atomic E-state index is 0.0390. The van der Waals surface area contributed by atoms with Gasteiger partial charge >= 0.3 is 0 Å². The molecule has 9 heteroatoms. The predicted molar refractivity (Wildman–Crippen MR) is 138 cm³/mol. The number of aromatic hydroxyl groups is 1. The van der Waals surface area contributed by atoms with Crippen molar-refractivity contribution in [3.63, 3.8) is 0 Å². The first-order chi connectivity index (χ1) is 16.3. The first kappa shape index (κ1) is 21.6. The molecule has 5 rings (SSSR count). The van der Waals surface area contributed by atoms with Gasteiger partial charge in [-0.15, -0.1) is 0 Å². The summed E-state index contributed by atoms with van der Waals surface area (Å²) in [7, 11) is -3.44. The van der Waals surface area contributed by atoms with Gasteiger partial charge in [-0.1, -0.05) is 18.2 Å². The van der Waals surface area contributed by atoms with Crippen LogP contribution >= 0.6 is 0 Å². The van der Waals surface area contributed by atoms with Crippen molar-refractivity contribution in [3.8, 4) is 17.1 Å². The quantitative estimate of drug-likeness (QED) is 0.216. The molecule has 0 saturated heterocycles. The van der Waals surface area contributed by atoms with E-state index in [4.69, 9.17) is 10.7 Å². The molecule has 0 saturated carbocycles. The smallest absolute Gasteiger partial charge is 0.232 e. The van der Waals surface area contributed by atoms with E-state index in [1.54, 1.807) is 25.1 Å². The number of rotatable bonds is 6. The Balaban J connectivity index is 1.67. The van der Waals surface area contributed by atoms with Gasteiger partial charge in [0.05, 0.1) is 28.2 Å². The lowest BCUT2D eigenvalue weighted by molar-refractivity contribution is 0.460. The largest absolute Gasteiger partial charge is 0.494 e. The zero-order valence-electron chi connectivity index (χ0n) is 18.3. The van der Waals surface area contributed by atoms with Gasteiger partial charge in [0, 0.05) is 33.4 Å². The lowest BCUT2D eigenvalue weighted by atomic mass is 10.1. The molecular weight excluding hydrogens is 450 g/mol. The standard InChI is InChI=1S/C25H23N5O3S/c1-2-34(32,33)30-17-11-12-21-19(13-17)24(25(31)29-21)23-14-22(18-5-3-4-6-20(18)28-23)27-16-9-7-15(26)8-10-16/h3-14,29-31H,2,26H2,1H3,(H,27,28). The number of nitrogen functional groups attached to an aromatic ring is 1. The van der Waals surface area contributed by atoms with Crippen molar-refractivity contribution in [2.45, 2.75) is 6.92 Å². The molecule has 0 radical (unpaired) electrons. The maximum atomic E-state index is 12.1. The maximum absolute atomic E-state index is 12.1. The molecular formula is C25H23N5O3S. The molecule has 172 valence electrons. The van der Waals surface area contributed by atoms with Crippen molar-refractivity contribution in [2.24, 2.45) is 0 Å². The van der Waals surface area contributed by atoms with Gasteiger partial charge in [0.2, 0.25) is 10.0 Å². The van der Waals surface area contributed by atoms with E-state index in [0.717, 1.165) is 22.3 Å². The topological polar surface area (TPSA) is 133 Å². The van der Waals surface area contributed by atoms with Gasteiger partial charge in [-0.3, -0.25) is 4.72 Å². The Hall–Kier alpha value is -4.24. The molecule has 0 aliphatic carbocycles. The van der Waals surface area contributed by atoms with Gasteiger partial charge in [0.15, 0.2) is 5.88 Å². The van der Waals surface area contributed by atoms with Gasteiger partial charge in [-0.05, 0) is 61.5 Å². The predicted octanol–water partition coefficient (Wildman–Crippen LogP) is 5.18. The number of aromatic nitrogens is 2. The number of H-pyrrole nitrogens is 1. The zero-order valence-corrected chi connectivity index (χ0v) is 19.1. The van der Waals surface area contributed by atoms with Crippen molar-refractivity contribution in [3.05, 3.63) is 72.8 Å². The Morgan fingerprint density at radius 3 is 2.47 bits per heavy atom. The SMILES string of the molecule is CCS(=O)(=O)Nc1ccc2[nH]c(O)c(-c3cc(Nc4ccc(N)cc4)c4ccccc4n3)c2c1. The number of hydrogen-bond acceptors (Lipinski definition) is 6. The molecule has 0 bridgehead atoms. The average Bonchev–Trinajstić information content (AvgIpc) is 3.15. The number of fused-ring (bicyclic) bond motifs is 2. The summed E-state index contributed by atoms with van der Waals surface area (Å²) in [6.07, 6.45) is 0. The molecule has 8 nitrogen and oxygen atoms in total. The molecule has 0 aliphatic rings. The summed E-state index contributed by atoms with van der Waals surface area (Å²) in [6, 6.07) is 22.1. The maximum Gasteiger partial charge on any atom is 0.232 e. The van der Waals surface area contributed by atoms with E-state index >= 15 is 0 Å². The van der Waals surface area contributed by atoms with E-state index in [9.17, 15) is 13.5 Å². The first-order valence-electron chi connectivity index (χ1n) is 10.7. The summed E-state index contributed by atoms with van der Waals surface area (Å²) >= 11 is 0. The van der Waals surface area contributed by atoms with Crippen molar-refractivity contribution >= 4 is 54.6 Å². The van der Waals surface area contributed by atoms with Gasteiger partial charge in [-0.25, -0.2) is 13.4 Å². The first-order valence-corrected chi connectivity index (χ1v) is 12.4. The highest BCUT2D eigenvalue weighted by atomic mass is 32.2. The molecule has 0 unspecified atom stereocenters. The summed E-state index contributed by atoms with van der Waals surface area (Å²) in [5, 5.41) is 15.8. The van der Waals surface area contributed by atoms with Crippen LogP contribution in [0.2, 0.25) is 0 Å². The average molecular weight is 474 g/mol. The third-order valence-electron chi connectivity index (χ3n) is 5.59. The minimum Gasteiger partial charge on any atom is -0.494 e. The number of aromatic amines is 1. The highest BCUT2D eigenvalue weighted by Gasteiger charge is 2.18. The highest BCUT2D eigenvalue weighted by molar-refractivity contribution is 7.92. The normalized spacial score (nSPS) is 11.7. The van der Waals surface area contributed by atoms with Crippen LogP contribution in [0.25, 0.3) is 33.1 Å². The molecule has 0 atom stereocenters. The second-order valence-electron chi connectivity index (χ2n) is 7.93. The van der Waals surface area contributed by atoms with Crippen LogP contribution < -0.4 is 15.8 Å². The number of nitrogens with two attached hydrogens (primary N) is 1. The van der Waals surface area contributed by atoms with Crippen LogP contribution in [0.3, 0.4) is 0 Å². The van der Waals surface area contributed by atoms with Crippen molar-refractivity contribution in [1.82, 2.24) is 9.97 Å². The second kappa shape index (κ2) is 8.27. The Morgan fingerprint density at radius 2 is 1.71 bits per heavy atom. The summed E-state index contributed by atoms with van der Waals surface area (Å²) in [4.78, 5) is 7.74. The van der Waals surface area contributed by atoms with E-state index in [0.29, 0.717) is 33.5 Å². The third kappa shape index (κ3) is 4.08. The molecule has 0 fully saturated rings. The fourth-order valence-corrected chi connectivity index (χ4v) is 4.51. The number of nitrogens with zero attached hydrogens (tertiary/aromatic N) is 1. The van der Waals surface area contributed by atoms with Gasteiger partial charge < -0.3 is 21.1 Å². The minimum atomic E-state index is -3.44. The van der Waals surface area contributed by atoms with Crippen molar-refractivity contribution in [2.75, 3.05) is 21.5 Å². The monoisotopic (exact) mass is 473 g/mol. The number of para-hydroxylation sites is 1. The fraction of sp³-hybridized carbons (Fsp3) is 0.0800. The summed E-state index contributed by atoms with van der Waals surface area (Å²) in [6.45, 7) is 1.57. The van der Waals surface area contributed by atoms with Crippen LogP contribution in [0, 0.1) is 0 Å². The fourth-order valence-electron chi connectivity index (χ4n) is 3.88. The Kier molecular flexibility index (Phi) is 5.25. The summed E-state index contributed by atoms with van der Waals surface area (Å²) in [5.74, 6) is -0.0884. The summed E-state index contributed by atoms with van der Waals surface area (Å²) < 4.78 is 26.7. The molecule has 0 spiro atoms. The molecule has 0 amide bonds. The molecule has 2 heterocycles. The molecule has 34 heavy (non-hydrogen) atoms. The number of hydrogen-bond donors (Lipinski definition) is 5. The van der Waals surface area contributed by atoms with E-state index in [-0.39, 0.29) is 11.6 Å². The lowest BCUT2D eigenvalue weighted by Gasteiger charge is -2.13. The van der Waals surface area contributed by atoms with Gasteiger partial charge in [-0.2, -0.15) is 0 Å². The number of sulfonamides is 1. The summed E-state index contributed by atoms with van der Waals surface area (Å²) in [5.41, 5.74) is 11.0. The molecule has 3 aromatic carbocycles. The Labute approximate surface area is 196 Å². The van der Waals surface area contributed by atoms with E-state index < -0.39 is 10.0 Å². The Morgan fingerprint density at radius 1 is 0.971 bits per heavy atom. The third-order valence-corrected chi connectivity index (χ3v) is 6.90. The van der Waals surface area contributed by atoms with Crippen LogP contribution in [0.15, 0.2) is 72.8 Å². The van der Waals surface area contributed by atoms with Crippen LogP contribution in [-0.4, -0.2) is 29.2 Å². The molecule has 6 N–H and O–H groups in total. The van der Waals surface area contributed by atoms with Gasteiger partial charge in [0.25, 0.3) is 0 Å². The zero-order chi connectivity index (χ0) is 23.9. The van der Waals surface area contributed by atoms with Crippen molar-refractivity contribution < 1.29 is 13.5 Å². The highest BCUT2D eigenvalue weighted by Crippen LogP contribution is 2.40. The van der Waals surface area contributed by atoms with Crippen LogP contribution in [0.1, 0.15) is 6.92 Å². The van der Waals surface area contributed by atoms with Crippen LogP contribution in [-0.2, 0) is 10.0 Å².